The molecule has 0 atom stereocenters. The van der Waals surface area contributed by atoms with Crippen LogP contribution in [0.2, 0.25) is 0 Å². The highest BCUT2D eigenvalue weighted by molar-refractivity contribution is 5.33. The van der Waals surface area contributed by atoms with Gasteiger partial charge in [0.05, 0.1) is 5.60 Å². The number of rotatable bonds is 1. The van der Waals surface area contributed by atoms with Crippen LogP contribution in [0.15, 0.2) is 18.2 Å². The first kappa shape index (κ1) is 12.6. The van der Waals surface area contributed by atoms with Crippen molar-refractivity contribution in [3.8, 4) is 0 Å². The number of hydrogen-bond donors (Lipinski definition) is 1. The fourth-order valence-corrected chi connectivity index (χ4v) is 2.66. The summed E-state index contributed by atoms with van der Waals surface area (Å²) >= 11 is 0. The van der Waals surface area contributed by atoms with Gasteiger partial charge in [0.25, 0.3) is 0 Å². The maximum Gasteiger partial charge on any atom is 0.0897 e. The van der Waals surface area contributed by atoms with E-state index < -0.39 is 5.60 Å². The van der Waals surface area contributed by atoms with Crippen molar-refractivity contribution in [1.29, 1.82) is 0 Å². The van der Waals surface area contributed by atoms with Crippen molar-refractivity contribution in [2.24, 2.45) is 5.41 Å². The third kappa shape index (κ3) is 2.55. The first-order valence-electron chi connectivity index (χ1n) is 6.63. The lowest BCUT2D eigenvalue weighted by molar-refractivity contribution is -0.0306. The van der Waals surface area contributed by atoms with Crippen molar-refractivity contribution in [3.63, 3.8) is 0 Å². The zero-order valence-electron chi connectivity index (χ0n) is 11.5. The van der Waals surface area contributed by atoms with Crippen LogP contribution in [0.5, 0.6) is 0 Å². The molecule has 0 radical (unpaired) electrons. The molecule has 0 bridgehead atoms. The summed E-state index contributed by atoms with van der Waals surface area (Å²) in [7, 11) is 0. The summed E-state index contributed by atoms with van der Waals surface area (Å²) in [6.45, 7) is 8.84. The summed E-state index contributed by atoms with van der Waals surface area (Å²) < 4.78 is 0. The molecule has 1 heteroatoms. The normalized spacial score (nSPS) is 22.4. The van der Waals surface area contributed by atoms with Crippen molar-refractivity contribution in [2.45, 2.75) is 59.0 Å². The highest BCUT2D eigenvalue weighted by Crippen LogP contribution is 2.45. The predicted octanol–water partition coefficient (Wildman–Crippen LogP) is 4.09. The maximum absolute atomic E-state index is 10.8. The molecule has 1 aliphatic rings. The number of aliphatic hydroxyl groups is 1. The molecule has 1 aromatic rings. The highest BCUT2D eigenvalue weighted by atomic mass is 16.3. The van der Waals surface area contributed by atoms with E-state index in [9.17, 15) is 5.11 Å². The molecule has 0 aromatic heterocycles. The largest absolute Gasteiger partial charge is 0.385 e. The Morgan fingerprint density at radius 1 is 0.941 bits per heavy atom. The molecule has 1 aromatic carbocycles. The smallest absolute Gasteiger partial charge is 0.0897 e. The van der Waals surface area contributed by atoms with Crippen LogP contribution in [0.1, 0.15) is 56.2 Å². The van der Waals surface area contributed by atoms with E-state index in [4.69, 9.17) is 0 Å². The van der Waals surface area contributed by atoms with Crippen molar-refractivity contribution < 1.29 is 5.11 Å². The molecular weight excluding hydrogens is 208 g/mol. The van der Waals surface area contributed by atoms with Crippen LogP contribution in [0, 0.1) is 19.3 Å². The SMILES string of the molecule is Cc1ccc(C2(O)CCC(C)(C)CC2)cc1C. The van der Waals surface area contributed by atoms with Crippen LogP contribution in [-0.4, -0.2) is 5.11 Å². The summed E-state index contributed by atoms with van der Waals surface area (Å²) in [5.74, 6) is 0. The second-order valence-electron chi connectivity index (χ2n) is 6.49. The molecule has 0 aliphatic heterocycles. The second kappa shape index (κ2) is 4.13. The molecule has 0 saturated heterocycles. The Labute approximate surface area is 105 Å². The molecule has 1 fully saturated rings. The van der Waals surface area contributed by atoms with Gasteiger partial charge in [-0.25, -0.2) is 0 Å². The van der Waals surface area contributed by atoms with E-state index in [1.54, 1.807) is 0 Å². The fraction of sp³-hybridized carbons (Fsp3) is 0.625. The summed E-state index contributed by atoms with van der Waals surface area (Å²) in [5, 5.41) is 10.8. The molecule has 0 spiro atoms. The highest BCUT2D eigenvalue weighted by Gasteiger charge is 2.37. The molecule has 1 N–H and O–H groups in total. The molecular formula is C16H24O. The predicted molar refractivity (Wildman–Crippen MR) is 72.1 cm³/mol. The third-order valence-corrected chi connectivity index (χ3v) is 4.47. The van der Waals surface area contributed by atoms with Gasteiger partial charge in [0.15, 0.2) is 0 Å². The van der Waals surface area contributed by atoms with Gasteiger partial charge in [0.1, 0.15) is 0 Å². The van der Waals surface area contributed by atoms with E-state index in [0.717, 1.165) is 31.2 Å². The second-order valence-corrected chi connectivity index (χ2v) is 6.49. The van der Waals surface area contributed by atoms with Crippen LogP contribution in [0.3, 0.4) is 0 Å². The van der Waals surface area contributed by atoms with Crippen LogP contribution in [-0.2, 0) is 5.60 Å². The number of benzene rings is 1. The molecule has 0 unspecified atom stereocenters. The molecule has 1 saturated carbocycles. The fourth-order valence-electron chi connectivity index (χ4n) is 2.66. The van der Waals surface area contributed by atoms with Crippen molar-refractivity contribution >= 4 is 0 Å². The zero-order valence-corrected chi connectivity index (χ0v) is 11.5. The Kier molecular flexibility index (Phi) is 3.07. The van der Waals surface area contributed by atoms with Gasteiger partial charge in [-0.2, -0.15) is 0 Å². The van der Waals surface area contributed by atoms with Crippen LogP contribution < -0.4 is 0 Å². The van der Waals surface area contributed by atoms with Gasteiger partial charge < -0.3 is 5.11 Å². The van der Waals surface area contributed by atoms with E-state index >= 15 is 0 Å². The maximum atomic E-state index is 10.8. The standard InChI is InChI=1S/C16H24O/c1-12-5-6-14(11-13(12)2)16(17)9-7-15(3,4)8-10-16/h5-6,11,17H,7-10H2,1-4H3. The van der Waals surface area contributed by atoms with Crippen molar-refractivity contribution in [1.82, 2.24) is 0 Å². The van der Waals surface area contributed by atoms with Gasteiger partial charge >= 0.3 is 0 Å². The minimum Gasteiger partial charge on any atom is -0.385 e. The summed E-state index contributed by atoms with van der Waals surface area (Å²) in [6, 6.07) is 6.39. The minimum atomic E-state index is -0.589. The van der Waals surface area contributed by atoms with Crippen LogP contribution >= 0.6 is 0 Å². The lowest BCUT2D eigenvalue weighted by atomic mass is 9.68. The van der Waals surface area contributed by atoms with E-state index in [1.807, 2.05) is 0 Å². The number of aryl methyl sites for hydroxylation is 2. The zero-order chi connectivity index (χ0) is 12.7. The molecule has 1 nitrogen and oxygen atoms in total. The Balaban J connectivity index is 2.24. The Hall–Kier alpha value is -0.820. The minimum absolute atomic E-state index is 0.395. The molecule has 94 valence electrons. The van der Waals surface area contributed by atoms with Crippen LogP contribution in [0.4, 0.5) is 0 Å². The first-order chi connectivity index (χ1) is 7.82. The van der Waals surface area contributed by atoms with Gasteiger partial charge in [0, 0.05) is 0 Å². The van der Waals surface area contributed by atoms with Crippen molar-refractivity contribution in [2.75, 3.05) is 0 Å². The third-order valence-electron chi connectivity index (χ3n) is 4.47. The van der Waals surface area contributed by atoms with Crippen molar-refractivity contribution in [3.05, 3.63) is 34.9 Å². The van der Waals surface area contributed by atoms with Gasteiger partial charge in [-0.05, 0) is 61.6 Å². The van der Waals surface area contributed by atoms with E-state index in [1.165, 1.54) is 11.1 Å². The van der Waals surface area contributed by atoms with Crippen LogP contribution in [0.25, 0.3) is 0 Å². The Morgan fingerprint density at radius 2 is 1.53 bits per heavy atom. The average Bonchev–Trinajstić information content (AvgIpc) is 2.27. The molecule has 0 heterocycles. The van der Waals surface area contributed by atoms with Gasteiger partial charge in [-0.3, -0.25) is 0 Å². The summed E-state index contributed by atoms with van der Waals surface area (Å²) in [4.78, 5) is 0. The van der Waals surface area contributed by atoms with E-state index in [2.05, 4.69) is 45.9 Å². The molecule has 1 aliphatic carbocycles. The molecule has 0 amide bonds. The first-order valence-corrected chi connectivity index (χ1v) is 6.63. The molecule has 17 heavy (non-hydrogen) atoms. The van der Waals surface area contributed by atoms with E-state index in [-0.39, 0.29) is 0 Å². The summed E-state index contributed by atoms with van der Waals surface area (Å²) in [5.41, 5.74) is 3.49. The molecule has 2 rings (SSSR count). The average molecular weight is 232 g/mol. The lowest BCUT2D eigenvalue weighted by Crippen LogP contribution is -2.34. The van der Waals surface area contributed by atoms with E-state index in [0.29, 0.717) is 5.41 Å². The quantitative estimate of drug-likeness (QED) is 0.773. The monoisotopic (exact) mass is 232 g/mol. The topological polar surface area (TPSA) is 20.2 Å². The Bertz CT molecular complexity index is 408. The summed E-state index contributed by atoms with van der Waals surface area (Å²) in [6.07, 6.45) is 4.00. The van der Waals surface area contributed by atoms with Gasteiger partial charge in [0.2, 0.25) is 0 Å². The number of hydrogen-bond acceptors (Lipinski definition) is 1. The van der Waals surface area contributed by atoms with Gasteiger partial charge in [-0.15, -0.1) is 0 Å². The van der Waals surface area contributed by atoms with Gasteiger partial charge in [-0.1, -0.05) is 32.0 Å². The Morgan fingerprint density at radius 3 is 2.06 bits per heavy atom. The lowest BCUT2D eigenvalue weighted by Gasteiger charge is -2.40.